The Bertz CT molecular complexity index is 1190. The molecule has 0 bridgehead atoms. The normalized spacial score (nSPS) is 22.4. The number of anilines is 1. The number of hydrogen-bond acceptors (Lipinski definition) is 7. The van der Waals surface area contributed by atoms with Crippen molar-refractivity contribution in [2.24, 2.45) is 11.1 Å². The van der Waals surface area contributed by atoms with Crippen molar-refractivity contribution in [2.45, 2.75) is 50.9 Å². The zero-order chi connectivity index (χ0) is 24.8. The van der Waals surface area contributed by atoms with E-state index in [0.717, 1.165) is 62.2 Å². The van der Waals surface area contributed by atoms with Crippen molar-refractivity contribution in [3.05, 3.63) is 77.7 Å². The molecule has 0 atom stereocenters. The summed E-state index contributed by atoms with van der Waals surface area (Å²) >= 11 is 0. The van der Waals surface area contributed by atoms with Crippen LogP contribution in [-0.4, -0.2) is 48.4 Å². The highest BCUT2D eigenvalue weighted by Gasteiger charge is 2.49. The van der Waals surface area contributed by atoms with E-state index in [9.17, 15) is 0 Å². The molecule has 36 heavy (non-hydrogen) atoms. The Morgan fingerprint density at radius 3 is 2.19 bits per heavy atom. The second-order valence-corrected chi connectivity index (χ2v) is 11.2. The van der Waals surface area contributed by atoms with Crippen LogP contribution in [0.15, 0.2) is 60.9 Å². The van der Waals surface area contributed by atoms with Gasteiger partial charge in [0.15, 0.2) is 0 Å². The smallest absolute Gasteiger partial charge is 0.132 e. The highest BCUT2D eigenvalue weighted by molar-refractivity contribution is 5.45. The summed E-state index contributed by atoms with van der Waals surface area (Å²) in [5, 5.41) is 0. The fourth-order valence-corrected chi connectivity index (χ4v) is 5.27. The number of nitrogens with zero attached hydrogens (tertiary/aromatic N) is 3. The molecule has 1 saturated carbocycles. The fraction of sp³-hybridized carbons (Fsp3) is 0.448. The van der Waals surface area contributed by atoms with E-state index in [4.69, 9.17) is 19.9 Å². The van der Waals surface area contributed by atoms with E-state index in [1.165, 1.54) is 11.1 Å². The summed E-state index contributed by atoms with van der Waals surface area (Å²) in [6, 6.07) is 19.1. The monoisotopic (exact) mass is 486 g/mol. The third-order valence-electron chi connectivity index (χ3n) is 7.88. The maximum atomic E-state index is 6.05. The Morgan fingerprint density at radius 2 is 1.61 bits per heavy atom. The van der Waals surface area contributed by atoms with Gasteiger partial charge in [-0.1, -0.05) is 38.1 Å². The first kappa shape index (κ1) is 23.3. The molecule has 7 nitrogen and oxygen atoms in total. The van der Waals surface area contributed by atoms with Crippen molar-refractivity contribution in [3.63, 3.8) is 0 Å². The predicted octanol–water partition coefficient (Wildman–Crippen LogP) is 4.09. The maximum Gasteiger partial charge on any atom is 0.132 e. The van der Waals surface area contributed by atoms with Gasteiger partial charge < -0.3 is 24.8 Å². The third kappa shape index (κ3) is 4.53. The number of nitrogens with two attached hydrogens (primary N) is 1. The number of rotatable bonds is 8. The Morgan fingerprint density at radius 1 is 0.972 bits per heavy atom. The second-order valence-electron chi connectivity index (χ2n) is 11.2. The van der Waals surface area contributed by atoms with E-state index in [-0.39, 0.29) is 11.5 Å². The zero-order valence-electron chi connectivity index (χ0n) is 21.0. The molecule has 6 rings (SSSR count). The summed E-state index contributed by atoms with van der Waals surface area (Å²) in [5.41, 5.74) is 9.43. The van der Waals surface area contributed by atoms with Crippen LogP contribution in [0.3, 0.4) is 0 Å². The van der Waals surface area contributed by atoms with Gasteiger partial charge in [-0.2, -0.15) is 0 Å². The van der Waals surface area contributed by atoms with Crippen LogP contribution in [0, 0.1) is 5.41 Å². The molecule has 3 aromatic rings. The molecule has 0 unspecified atom stereocenters. The molecule has 1 spiro atoms. The fourth-order valence-electron chi connectivity index (χ4n) is 5.27. The SMILES string of the molecule is CC(C)(c1ccc(OCc2cc(N3CC4(COC4)C3)ncn2)cc1)c1ccc(OC2CC(N)C2)cc1. The van der Waals surface area contributed by atoms with Gasteiger partial charge in [0.25, 0.3) is 0 Å². The number of aromatic nitrogens is 2. The Hall–Kier alpha value is -3.16. The molecule has 1 aliphatic carbocycles. The summed E-state index contributed by atoms with van der Waals surface area (Å²) in [5.74, 6) is 2.70. The first-order chi connectivity index (χ1) is 17.4. The Kier molecular flexibility index (Phi) is 5.85. The molecule has 0 radical (unpaired) electrons. The molecule has 2 aromatic carbocycles. The average Bonchev–Trinajstić information content (AvgIpc) is 2.81. The molecular weight excluding hydrogens is 452 g/mol. The van der Waals surface area contributed by atoms with Crippen LogP contribution >= 0.6 is 0 Å². The lowest BCUT2D eigenvalue weighted by Gasteiger charge is -2.55. The van der Waals surface area contributed by atoms with Crippen molar-refractivity contribution in [2.75, 3.05) is 31.2 Å². The summed E-state index contributed by atoms with van der Waals surface area (Å²) in [6.45, 7) is 8.64. The molecule has 1 aromatic heterocycles. The van der Waals surface area contributed by atoms with Crippen LogP contribution in [0.5, 0.6) is 11.5 Å². The van der Waals surface area contributed by atoms with Crippen molar-refractivity contribution in [3.8, 4) is 11.5 Å². The van der Waals surface area contributed by atoms with Crippen molar-refractivity contribution in [1.82, 2.24) is 9.97 Å². The van der Waals surface area contributed by atoms with Gasteiger partial charge in [-0.05, 0) is 48.2 Å². The predicted molar refractivity (Wildman–Crippen MR) is 138 cm³/mol. The largest absolute Gasteiger partial charge is 0.490 e. The molecule has 3 fully saturated rings. The molecule has 2 N–H and O–H groups in total. The van der Waals surface area contributed by atoms with Crippen LogP contribution in [-0.2, 0) is 16.8 Å². The minimum Gasteiger partial charge on any atom is -0.490 e. The van der Waals surface area contributed by atoms with Gasteiger partial charge in [-0.3, -0.25) is 0 Å². The summed E-state index contributed by atoms with van der Waals surface area (Å²) in [4.78, 5) is 11.1. The van der Waals surface area contributed by atoms with E-state index < -0.39 is 0 Å². The van der Waals surface area contributed by atoms with Crippen molar-refractivity contribution >= 4 is 5.82 Å². The minimum atomic E-state index is -0.141. The Balaban J connectivity index is 1.05. The zero-order valence-corrected chi connectivity index (χ0v) is 21.0. The lowest BCUT2D eigenvalue weighted by molar-refractivity contribution is -0.127. The summed E-state index contributed by atoms with van der Waals surface area (Å²) in [7, 11) is 0. The molecule has 188 valence electrons. The highest BCUT2D eigenvalue weighted by atomic mass is 16.5. The first-order valence-electron chi connectivity index (χ1n) is 12.8. The topological polar surface area (TPSA) is 82.7 Å². The maximum absolute atomic E-state index is 6.05. The molecule has 3 aliphatic rings. The minimum absolute atomic E-state index is 0.141. The van der Waals surface area contributed by atoms with E-state index in [1.54, 1.807) is 6.33 Å². The number of benzene rings is 2. The van der Waals surface area contributed by atoms with Crippen molar-refractivity contribution < 1.29 is 14.2 Å². The van der Waals surface area contributed by atoms with E-state index >= 15 is 0 Å². The number of hydrogen-bond donors (Lipinski definition) is 1. The second kappa shape index (κ2) is 9.05. The third-order valence-corrected chi connectivity index (χ3v) is 7.88. The molecule has 7 heteroatoms. The average molecular weight is 487 g/mol. The molecule has 2 saturated heterocycles. The summed E-state index contributed by atoms with van der Waals surface area (Å²) < 4.78 is 17.4. The first-order valence-corrected chi connectivity index (χ1v) is 12.8. The van der Waals surface area contributed by atoms with Gasteiger partial charge in [0.05, 0.1) is 24.3 Å². The van der Waals surface area contributed by atoms with E-state index in [0.29, 0.717) is 18.1 Å². The van der Waals surface area contributed by atoms with E-state index in [2.05, 4.69) is 65.1 Å². The molecule has 2 aliphatic heterocycles. The van der Waals surface area contributed by atoms with Gasteiger partial charge in [0.1, 0.15) is 36.4 Å². The van der Waals surface area contributed by atoms with Crippen LogP contribution in [0.4, 0.5) is 5.82 Å². The van der Waals surface area contributed by atoms with Gasteiger partial charge >= 0.3 is 0 Å². The van der Waals surface area contributed by atoms with Crippen LogP contribution < -0.4 is 20.1 Å². The highest BCUT2D eigenvalue weighted by Crippen LogP contribution is 2.39. The number of ether oxygens (including phenoxy) is 3. The standard InChI is InChI=1S/C29H34N4O3/c1-28(2,21-5-9-25(10-6-21)36-26-11-22(30)12-26)20-3-7-24(8-4-20)35-14-23-13-27(32-19-31-23)33-15-29(16-33)17-34-18-29/h3-10,13,19,22,26H,11-12,14-18,30H2,1-2H3. The lowest BCUT2D eigenvalue weighted by Crippen LogP contribution is -2.66. The molecule has 0 amide bonds. The van der Waals surface area contributed by atoms with Gasteiger partial charge in [-0.25, -0.2) is 9.97 Å². The van der Waals surface area contributed by atoms with Gasteiger partial charge in [0.2, 0.25) is 0 Å². The van der Waals surface area contributed by atoms with Crippen LogP contribution in [0.25, 0.3) is 0 Å². The summed E-state index contributed by atoms with van der Waals surface area (Å²) in [6.07, 6.45) is 3.76. The van der Waals surface area contributed by atoms with Crippen LogP contribution in [0.2, 0.25) is 0 Å². The van der Waals surface area contributed by atoms with Crippen molar-refractivity contribution in [1.29, 1.82) is 0 Å². The van der Waals surface area contributed by atoms with Crippen LogP contribution in [0.1, 0.15) is 43.5 Å². The van der Waals surface area contributed by atoms with Gasteiger partial charge in [0, 0.05) is 30.6 Å². The van der Waals surface area contributed by atoms with Gasteiger partial charge in [-0.15, -0.1) is 0 Å². The van der Waals surface area contributed by atoms with E-state index in [1.807, 2.05) is 18.2 Å². The Labute approximate surface area is 212 Å². The lowest BCUT2D eigenvalue weighted by atomic mass is 9.78. The molecule has 3 heterocycles. The molecular formula is C29H34N4O3. The quantitative estimate of drug-likeness (QED) is 0.514.